The SMILES string of the molecule is Cc1cc(Nc2ccc(C)c(CN)c2C)c2ccccc2n1. The molecule has 2 aromatic carbocycles. The third kappa shape index (κ3) is 2.55. The summed E-state index contributed by atoms with van der Waals surface area (Å²) in [6.07, 6.45) is 0. The van der Waals surface area contributed by atoms with Crippen molar-refractivity contribution in [2.75, 3.05) is 5.32 Å². The van der Waals surface area contributed by atoms with E-state index in [4.69, 9.17) is 5.73 Å². The first-order valence-corrected chi connectivity index (χ1v) is 7.52. The Balaban J connectivity index is 2.11. The lowest BCUT2D eigenvalue weighted by Gasteiger charge is -2.16. The highest BCUT2D eigenvalue weighted by molar-refractivity contribution is 5.93. The minimum atomic E-state index is 0.559. The fourth-order valence-corrected chi connectivity index (χ4v) is 2.90. The lowest BCUT2D eigenvalue weighted by Crippen LogP contribution is -2.05. The number of nitrogens with one attached hydrogen (secondary N) is 1. The van der Waals surface area contributed by atoms with Crippen LogP contribution in [0.15, 0.2) is 42.5 Å². The van der Waals surface area contributed by atoms with Gasteiger partial charge in [-0.1, -0.05) is 24.3 Å². The Morgan fingerprint density at radius 2 is 1.77 bits per heavy atom. The summed E-state index contributed by atoms with van der Waals surface area (Å²) in [5.41, 5.74) is 13.7. The number of pyridine rings is 1. The number of para-hydroxylation sites is 1. The Bertz CT molecular complexity index is 837. The van der Waals surface area contributed by atoms with E-state index in [1.165, 1.54) is 16.7 Å². The number of aromatic nitrogens is 1. The summed E-state index contributed by atoms with van der Waals surface area (Å²) in [6.45, 7) is 6.80. The molecule has 0 spiro atoms. The van der Waals surface area contributed by atoms with Gasteiger partial charge in [0.1, 0.15) is 0 Å². The van der Waals surface area contributed by atoms with Gasteiger partial charge in [-0.3, -0.25) is 4.98 Å². The fraction of sp³-hybridized carbons (Fsp3) is 0.211. The number of benzene rings is 2. The Hall–Kier alpha value is -2.39. The van der Waals surface area contributed by atoms with Crippen LogP contribution in [-0.2, 0) is 6.54 Å². The summed E-state index contributed by atoms with van der Waals surface area (Å²) in [7, 11) is 0. The molecule has 0 aliphatic rings. The predicted octanol–water partition coefficient (Wildman–Crippen LogP) is 4.36. The molecule has 3 aromatic rings. The van der Waals surface area contributed by atoms with Crippen molar-refractivity contribution in [1.82, 2.24) is 4.98 Å². The van der Waals surface area contributed by atoms with Gasteiger partial charge in [-0.25, -0.2) is 0 Å². The Morgan fingerprint density at radius 3 is 2.55 bits per heavy atom. The van der Waals surface area contributed by atoms with Gasteiger partial charge in [0.25, 0.3) is 0 Å². The molecule has 3 nitrogen and oxygen atoms in total. The summed E-state index contributed by atoms with van der Waals surface area (Å²) in [5.74, 6) is 0. The topological polar surface area (TPSA) is 50.9 Å². The normalized spacial score (nSPS) is 10.9. The number of aryl methyl sites for hydroxylation is 2. The van der Waals surface area contributed by atoms with Crippen molar-refractivity contribution in [1.29, 1.82) is 0 Å². The Labute approximate surface area is 131 Å². The fourth-order valence-electron chi connectivity index (χ4n) is 2.90. The maximum Gasteiger partial charge on any atom is 0.0726 e. The number of rotatable bonds is 3. The van der Waals surface area contributed by atoms with Gasteiger partial charge >= 0.3 is 0 Å². The smallest absolute Gasteiger partial charge is 0.0726 e. The number of hydrogen-bond acceptors (Lipinski definition) is 3. The molecule has 1 heterocycles. The minimum absolute atomic E-state index is 0.559. The number of anilines is 2. The van der Waals surface area contributed by atoms with Crippen LogP contribution in [0.3, 0.4) is 0 Å². The van der Waals surface area contributed by atoms with Crippen LogP contribution in [-0.4, -0.2) is 4.98 Å². The first kappa shape index (κ1) is 14.5. The molecule has 0 aliphatic heterocycles. The summed E-state index contributed by atoms with van der Waals surface area (Å²) >= 11 is 0. The zero-order valence-corrected chi connectivity index (χ0v) is 13.3. The van der Waals surface area contributed by atoms with Crippen LogP contribution in [0, 0.1) is 20.8 Å². The summed E-state index contributed by atoms with van der Waals surface area (Å²) in [6, 6.07) is 14.5. The first-order chi connectivity index (χ1) is 10.6. The van der Waals surface area contributed by atoms with Crippen molar-refractivity contribution in [2.45, 2.75) is 27.3 Å². The van der Waals surface area contributed by atoms with Crippen molar-refractivity contribution in [3.8, 4) is 0 Å². The molecule has 0 fully saturated rings. The molecule has 0 saturated heterocycles. The second-order valence-electron chi connectivity index (χ2n) is 5.69. The van der Waals surface area contributed by atoms with E-state index in [-0.39, 0.29) is 0 Å². The van der Waals surface area contributed by atoms with E-state index in [0.717, 1.165) is 28.0 Å². The summed E-state index contributed by atoms with van der Waals surface area (Å²) in [4.78, 5) is 4.59. The molecule has 0 radical (unpaired) electrons. The van der Waals surface area contributed by atoms with E-state index in [1.54, 1.807) is 0 Å². The first-order valence-electron chi connectivity index (χ1n) is 7.52. The maximum absolute atomic E-state index is 5.89. The third-order valence-corrected chi connectivity index (χ3v) is 4.15. The van der Waals surface area contributed by atoms with Gasteiger partial charge in [-0.2, -0.15) is 0 Å². The molecule has 0 bridgehead atoms. The van der Waals surface area contributed by atoms with Gasteiger partial charge in [0.05, 0.1) is 5.52 Å². The van der Waals surface area contributed by atoms with Crippen molar-refractivity contribution in [3.05, 3.63) is 64.8 Å². The molecule has 0 saturated carbocycles. The van der Waals surface area contributed by atoms with Crippen molar-refractivity contribution in [3.63, 3.8) is 0 Å². The van der Waals surface area contributed by atoms with Gasteiger partial charge in [0, 0.05) is 29.0 Å². The molecular weight excluding hydrogens is 270 g/mol. The Kier molecular flexibility index (Phi) is 3.82. The van der Waals surface area contributed by atoms with E-state index < -0.39 is 0 Å². The van der Waals surface area contributed by atoms with Gasteiger partial charge < -0.3 is 11.1 Å². The van der Waals surface area contributed by atoms with Gasteiger partial charge in [-0.05, 0) is 55.7 Å². The van der Waals surface area contributed by atoms with E-state index >= 15 is 0 Å². The van der Waals surface area contributed by atoms with Crippen LogP contribution < -0.4 is 11.1 Å². The molecule has 22 heavy (non-hydrogen) atoms. The predicted molar refractivity (Wildman–Crippen MR) is 93.6 cm³/mol. The van der Waals surface area contributed by atoms with Gasteiger partial charge in [-0.15, -0.1) is 0 Å². The van der Waals surface area contributed by atoms with Crippen LogP contribution in [0.25, 0.3) is 10.9 Å². The molecule has 1 aromatic heterocycles. The zero-order chi connectivity index (χ0) is 15.7. The molecule has 0 unspecified atom stereocenters. The largest absolute Gasteiger partial charge is 0.355 e. The van der Waals surface area contributed by atoms with Gasteiger partial charge in [0.15, 0.2) is 0 Å². The summed E-state index contributed by atoms with van der Waals surface area (Å²) in [5, 5.41) is 4.69. The molecule has 0 amide bonds. The second-order valence-corrected chi connectivity index (χ2v) is 5.69. The number of hydrogen-bond donors (Lipinski definition) is 2. The van der Waals surface area contributed by atoms with E-state index in [2.05, 4.69) is 48.4 Å². The molecule has 3 N–H and O–H groups in total. The van der Waals surface area contributed by atoms with E-state index in [0.29, 0.717) is 6.54 Å². The molecule has 0 atom stereocenters. The summed E-state index contributed by atoms with van der Waals surface area (Å²) < 4.78 is 0. The quantitative estimate of drug-likeness (QED) is 0.753. The van der Waals surface area contributed by atoms with Crippen LogP contribution >= 0.6 is 0 Å². The highest BCUT2D eigenvalue weighted by Crippen LogP contribution is 2.29. The molecule has 3 rings (SSSR count). The number of fused-ring (bicyclic) bond motifs is 1. The van der Waals surface area contributed by atoms with Crippen molar-refractivity contribution < 1.29 is 0 Å². The highest BCUT2D eigenvalue weighted by Gasteiger charge is 2.09. The van der Waals surface area contributed by atoms with Crippen LogP contribution in [0.4, 0.5) is 11.4 Å². The standard InChI is InChI=1S/C19H21N3/c1-12-8-9-17(14(3)16(12)11-20)22-19-10-13(2)21-18-7-5-4-6-15(18)19/h4-10H,11,20H2,1-3H3,(H,21,22). The molecule has 3 heteroatoms. The third-order valence-electron chi connectivity index (χ3n) is 4.15. The van der Waals surface area contributed by atoms with Crippen molar-refractivity contribution in [2.24, 2.45) is 5.73 Å². The van der Waals surface area contributed by atoms with E-state index in [1.807, 2.05) is 25.1 Å². The molecule has 112 valence electrons. The number of nitrogens with zero attached hydrogens (tertiary/aromatic N) is 1. The molecule has 0 aliphatic carbocycles. The maximum atomic E-state index is 5.89. The minimum Gasteiger partial charge on any atom is -0.355 e. The average molecular weight is 291 g/mol. The Morgan fingerprint density at radius 1 is 1.00 bits per heavy atom. The van der Waals surface area contributed by atoms with Crippen LogP contribution in [0.1, 0.15) is 22.4 Å². The zero-order valence-electron chi connectivity index (χ0n) is 13.3. The van der Waals surface area contributed by atoms with Crippen LogP contribution in [0.5, 0.6) is 0 Å². The molecular formula is C19H21N3. The van der Waals surface area contributed by atoms with Crippen LogP contribution in [0.2, 0.25) is 0 Å². The second kappa shape index (κ2) is 5.78. The number of nitrogens with two attached hydrogens (primary N) is 1. The highest BCUT2D eigenvalue weighted by atomic mass is 14.9. The monoisotopic (exact) mass is 291 g/mol. The van der Waals surface area contributed by atoms with E-state index in [9.17, 15) is 0 Å². The lowest BCUT2D eigenvalue weighted by molar-refractivity contribution is 1.03. The average Bonchev–Trinajstić information content (AvgIpc) is 2.50. The van der Waals surface area contributed by atoms with Crippen molar-refractivity contribution >= 4 is 22.3 Å². The van der Waals surface area contributed by atoms with Gasteiger partial charge in [0.2, 0.25) is 0 Å². The lowest BCUT2D eigenvalue weighted by atomic mass is 10.0.